The normalized spacial score (nSPS) is 13.6. The molecule has 0 spiro atoms. The number of aliphatic hydroxyl groups is 1. The lowest BCUT2D eigenvalue weighted by atomic mass is 9.84. The van der Waals surface area contributed by atoms with E-state index in [-0.39, 0.29) is 30.1 Å². The van der Waals surface area contributed by atoms with Gasteiger partial charge in [-0.25, -0.2) is 4.39 Å². The number of carbonyl (C=O) groups is 2. The van der Waals surface area contributed by atoms with Gasteiger partial charge < -0.3 is 24.9 Å². The zero-order valence-electron chi connectivity index (χ0n) is 21.2. The number of carbonyl (C=O) groups excluding carboxylic acids is 2. The Labute approximate surface area is 206 Å². The van der Waals surface area contributed by atoms with Crippen LogP contribution >= 0.6 is 0 Å². The first kappa shape index (κ1) is 26.4. The molecule has 1 aliphatic rings. The maximum Gasteiger partial charge on any atom is 0.261 e. The summed E-state index contributed by atoms with van der Waals surface area (Å²) in [6, 6.07) is 6.90. The number of benzene rings is 2. The van der Waals surface area contributed by atoms with Crippen molar-refractivity contribution in [1.82, 2.24) is 9.80 Å². The van der Waals surface area contributed by atoms with E-state index in [9.17, 15) is 19.8 Å². The lowest BCUT2D eigenvalue weighted by Gasteiger charge is -2.25. The second-order valence-corrected chi connectivity index (χ2v) is 10.2. The van der Waals surface area contributed by atoms with E-state index in [0.717, 1.165) is 11.1 Å². The van der Waals surface area contributed by atoms with Crippen LogP contribution in [0.2, 0.25) is 0 Å². The van der Waals surface area contributed by atoms with Gasteiger partial charge in [0, 0.05) is 49.6 Å². The van der Waals surface area contributed by atoms with Crippen molar-refractivity contribution in [3.63, 3.8) is 0 Å². The van der Waals surface area contributed by atoms with Crippen molar-refractivity contribution in [1.29, 1.82) is 0 Å². The van der Waals surface area contributed by atoms with Gasteiger partial charge in [-0.05, 0) is 42.8 Å². The van der Waals surface area contributed by atoms with Crippen LogP contribution in [-0.4, -0.2) is 59.5 Å². The fraction of sp³-hybridized carbons (Fsp3) is 0.407. The van der Waals surface area contributed by atoms with E-state index in [2.05, 4.69) is 0 Å². The molecule has 0 saturated heterocycles. The quantitative estimate of drug-likeness (QED) is 0.614. The molecule has 0 saturated carbocycles. The predicted octanol–water partition coefficient (Wildman–Crippen LogP) is 3.56. The first-order valence-corrected chi connectivity index (χ1v) is 11.5. The van der Waals surface area contributed by atoms with E-state index >= 15 is 4.39 Å². The minimum Gasteiger partial charge on any atom is -0.507 e. The molecule has 3 rings (SSSR count). The maximum absolute atomic E-state index is 15.5. The number of rotatable bonds is 6. The molecule has 1 heterocycles. The van der Waals surface area contributed by atoms with Gasteiger partial charge in [-0.1, -0.05) is 39.0 Å². The van der Waals surface area contributed by atoms with Gasteiger partial charge in [-0.2, -0.15) is 0 Å². The number of hydrogen-bond donors (Lipinski definition) is 2. The fourth-order valence-electron chi connectivity index (χ4n) is 4.18. The number of nitrogens with zero attached hydrogens (tertiary/aromatic N) is 3. The van der Waals surface area contributed by atoms with Crippen LogP contribution in [0.5, 0.6) is 5.75 Å². The summed E-state index contributed by atoms with van der Waals surface area (Å²) in [5.41, 5.74) is 1.59. The van der Waals surface area contributed by atoms with Crippen molar-refractivity contribution in [3.05, 3.63) is 70.1 Å². The van der Waals surface area contributed by atoms with Crippen molar-refractivity contribution < 1.29 is 24.2 Å². The van der Waals surface area contributed by atoms with Crippen LogP contribution in [0.25, 0.3) is 0 Å². The van der Waals surface area contributed by atoms with Crippen LogP contribution in [0, 0.1) is 5.82 Å². The molecule has 1 aliphatic heterocycles. The molecule has 2 N–H and O–H groups in total. The van der Waals surface area contributed by atoms with Gasteiger partial charge >= 0.3 is 0 Å². The molecule has 8 heteroatoms. The summed E-state index contributed by atoms with van der Waals surface area (Å²) < 4.78 is 15.5. The molecular weight excluding hydrogens is 449 g/mol. The summed E-state index contributed by atoms with van der Waals surface area (Å²) >= 11 is 0. The van der Waals surface area contributed by atoms with E-state index in [1.165, 1.54) is 21.9 Å². The molecule has 0 aromatic heterocycles. The lowest BCUT2D eigenvalue weighted by molar-refractivity contribution is -0.113. The van der Waals surface area contributed by atoms with Crippen LogP contribution < -0.4 is 4.90 Å². The van der Waals surface area contributed by atoms with Gasteiger partial charge in [-0.3, -0.25) is 9.59 Å². The molecule has 7 nitrogen and oxygen atoms in total. The highest BCUT2D eigenvalue weighted by Crippen LogP contribution is 2.38. The number of fused-ring (bicyclic) bond motifs is 1. The Morgan fingerprint density at radius 3 is 2.46 bits per heavy atom. The third-order valence-corrected chi connectivity index (χ3v) is 6.18. The van der Waals surface area contributed by atoms with Gasteiger partial charge in [-0.15, -0.1) is 0 Å². The molecule has 0 aliphatic carbocycles. The molecular formula is C27H34FN3O4. The van der Waals surface area contributed by atoms with Crippen LogP contribution in [0.15, 0.2) is 36.4 Å². The number of amides is 2. The average Bonchev–Trinajstić information content (AvgIpc) is 3.22. The molecule has 2 amide bonds. The zero-order valence-corrected chi connectivity index (χ0v) is 21.2. The Bertz CT molecular complexity index is 1170. The average molecular weight is 484 g/mol. The third-order valence-electron chi connectivity index (χ3n) is 6.18. The summed E-state index contributed by atoms with van der Waals surface area (Å²) in [5.74, 6) is -2.19. The van der Waals surface area contributed by atoms with Crippen molar-refractivity contribution in [2.24, 2.45) is 0 Å². The second-order valence-electron chi connectivity index (χ2n) is 10.2. The van der Waals surface area contributed by atoms with E-state index in [1.54, 1.807) is 33.9 Å². The van der Waals surface area contributed by atoms with E-state index in [0.29, 0.717) is 12.2 Å². The number of likely N-dealkylation sites (N-methyl/N-ethyl adjacent to an activating group) is 2. The summed E-state index contributed by atoms with van der Waals surface area (Å²) in [5, 5.41) is 20.3. The van der Waals surface area contributed by atoms with E-state index in [1.807, 2.05) is 37.2 Å². The smallest absolute Gasteiger partial charge is 0.261 e. The SMILES string of the molecule is CN(C)C/C=C/C(=O)N(C)c1cccc2c1CN(C(=O)c1c(O)c(CO)cc(C(C)(C)C)c1F)C2. The van der Waals surface area contributed by atoms with Crippen LogP contribution in [0.1, 0.15) is 53.4 Å². The van der Waals surface area contributed by atoms with Crippen molar-refractivity contribution in [2.75, 3.05) is 32.6 Å². The molecule has 0 unspecified atom stereocenters. The Morgan fingerprint density at radius 2 is 1.86 bits per heavy atom. The number of aromatic hydroxyl groups is 1. The number of anilines is 1. The molecule has 0 atom stereocenters. The van der Waals surface area contributed by atoms with Crippen LogP contribution in [0.4, 0.5) is 10.1 Å². The summed E-state index contributed by atoms with van der Waals surface area (Å²) in [4.78, 5) is 31.1. The van der Waals surface area contributed by atoms with Gasteiger partial charge in [0.25, 0.3) is 5.91 Å². The fourth-order valence-corrected chi connectivity index (χ4v) is 4.18. The maximum atomic E-state index is 15.5. The van der Waals surface area contributed by atoms with Crippen molar-refractivity contribution in [3.8, 4) is 5.75 Å². The zero-order chi connectivity index (χ0) is 26.1. The largest absolute Gasteiger partial charge is 0.507 e. The first-order valence-electron chi connectivity index (χ1n) is 11.5. The highest BCUT2D eigenvalue weighted by Gasteiger charge is 2.34. The highest BCUT2D eigenvalue weighted by atomic mass is 19.1. The summed E-state index contributed by atoms with van der Waals surface area (Å²) in [6.45, 7) is 5.90. The predicted molar refractivity (Wildman–Crippen MR) is 134 cm³/mol. The monoisotopic (exact) mass is 483 g/mol. The van der Waals surface area contributed by atoms with Gasteiger partial charge in [0.05, 0.1) is 6.61 Å². The summed E-state index contributed by atoms with van der Waals surface area (Å²) in [7, 11) is 5.50. The highest BCUT2D eigenvalue weighted by molar-refractivity contribution is 6.02. The lowest BCUT2D eigenvalue weighted by Crippen LogP contribution is -2.29. The van der Waals surface area contributed by atoms with Crippen LogP contribution in [0.3, 0.4) is 0 Å². The third kappa shape index (κ3) is 5.39. The molecule has 0 bridgehead atoms. The number of hydrogen-bond acceptors (Lipinski definition) is 5. The minimum atomic E-state index is -0.785. The van der Waals surface area contributed by atoms with Gasteiger partial charge in [0.1, 0.15) is 17.1 Å². The second kappa shape index (κ2) is 10.2. The summed E-state index contributed by atoms with van der Waals surface area (Å²) in [6.07, 6.45) is 3.30. The Morgan fingerprint density at radius 1 is 1.17 bits per heavy atom. The van der Waals surface area contributed by atoms with Crippen molar-refractivity contribution >= 4 is 17.5 Å². The standard InChI is InChI=1S/C27H34FN3O4/c1-27(2,3)20-13-18(16-32)25(34)23(24(20)28)26(35)31-14-17-9-7-10-21(19(17)15-31)30(6)22(33)11-8-12-29(4)5/h7-11,13,32,34H,12,14-16H2,1-6H3/b11-8+. The van der Waals surface area contributed by atoms with Gasteiger partial charge in [0.15, 0.2) is 0 Å². The molecule has 0 radical (unpaired) electrons. The minimum absolute atomic E-state index is 0.104. The topological polar surface area (TPSA) is 84.3 Å². The number of halogens is 1. The Kier molecular flexibility index (Phi) is 7.67. The Balaban J connectivity index is 1.94. The van der Waals surface area contributed by atoms with Gasteiger partial charge in [0.2, 0.25) is 5.91 Å². The Hall–Kier alpha value is -3.23. The van der Waals surface area contributed by atoms with E-state index in [4.69, 9.17) is 0 Å². The van der Waals surface area contributed by atoms with Crippen molar-refractivity contribution in [2.45, 2.75) is 45.9 Å². The number of phenols is 1. The molecule has 188 valence electrons. The molecule has 0 fully saturated rings. The first-order chi connectivity index (χ1) is 16.4. The van der Waals surface area contributed by atoms with Crippen LogP contribution in [-0.2, 0) is 29.9 Å². The number of aliphatic hydroxyl groups excluding tert-OH is 1. The molecule has 2 aromatic carbocycles. The van der Waals surface area contributed by atoms with E-state index < -0.39 is 35.1 Å². The molecule has 2 aromatic rings. The molecule has 35 heavy (non-hydrogen) atoms.